The van der Waals surface area contributed by atoms with Gasteiger partial charge in [0.1, 0.15) is 5.52 Å². The van der Waals surface area contributed by atoms with Crippen molar-refractivity contribution >= 4 is 23.0 Å². The van der Waals surface area contributed by atoms with Crippen LogP contribution in [0.4, 0.5) is 10.7 Å². The molecule has 0 radical (unpaired) electrons. The number of nitrogens with one attached hydrogen (secondary N) is 2. The van der Waals surface area contributed by atoms with E-state index in [1.807, 2.05) is 73.7 Å². The van der Waals surface area contributed by atoms with Crippen LogP contribution in [0.3, 0.4) is 0 Å². The molecule has 0 unspecified atom stereocenters. The molecular weight excluding hydrogens is 390 g/mol. The van der Waals surface area contributed by atoms with Crippen LogP contribution in [0.15, 0.2) is 72.9 Å². The van der Waals surface area contributed by atoms with Crippen molar-refractivity contribution in [3.05, 3.63) is 72.9 Å². The average molecular weight is 413 g/mol. The number of amides is 2. The highest BCUT2D eigenvalue weighted by molar-refractivity contribution is 5.91. The molecule has 0 saturated heterocycles. The lowest BCUT2D eigenvalue weighted by Crippen LogP contribution is -2.35. The number of anilines is 1. The topological polar surface area (TPSA) is 100 Å². The van der Waals surface area contributed by atoms with Crippen molar-refractivity contribution in [1.29, 1.82) is 0 Å². The van der Waals surface area contributed by atoms with Gasteiger partial charge in [-0.2, -0.15) is 0 Å². The van der Waals surface area contributed by atoms with Crippen LogP contribution >= 0.6 is 0 Å². The lowest BCUT2D eigenvalue weighted by atomic mass is 9.99. The van der Waals surface area contributed by atoms with Crippen molar-refractivity contribution in [3.63, 3.8) is 0 Å². The summed E-state index contributed by atoms with van der Waals surface area (Å²) in [5, 5.41) is 14.8. The SMILES string of the molecule is CC[C@@H](O)CNC(=O)Nc1ncc2nc(-c3ccccc3)c(-c3ccccc3)cc2n1. The largest absolute Gasteiger partial charge is 0.391 e. The fraction of sp³-hybridized carbons (Fsp3) is 0.167. The van der Waals surface area contributed by atoms with Gasteiger partial charge in [0.25, 0.3) is 0 Å². The number of hydrogen-bond donors (Lipinski definition) is 3. The van der Waals surface area contributed by atoms with E-state index in [-0.39, 0.29) is 12.5 Å². The van der Waals surface area contributed by atoms with E-state index >= 15 is 0 Å². The van der Waals surface area contributed by atoms with Crippen LogP contribution < -0.4 is 10.6 Å². The van der Waals surface area contributed by atoms with E-state index in [1.54, 1.807) is 6.20 Å². The number of hydrogen-bond acceptors (Lipinski definition) is 5. The Bertz CT molecular complexity index is 1180. The maximum absolute atomic E-state index is 12.1. The van der Waals surface area contributed by atoms with Crippen LogP contribution in [0.1, 0.15) is 13.3 Å². The quantitative estimate of drug-likeness (QED) is 0.439. The molecule has 2 amide bonds. The minimum Gasteiger partial charge on any atom is -0.391 e. The molecule has 1 atom stereocenters. The van der Waals surface area contributed by atoms with Crippen LogP contribution in [0.5, 0.6) is 0 Å². The molecule has 2 heterocycles. The standard InChI is InChI=1S/C24H23N5O2/c1-2-18(30)14-26-24(31)29-23-25-15-21-20(28-23)13-19(16-9-5-3-6-10-16)22(27-21)17-11-7-4-8-12-17/h3-13,15,18,30H,2,14H2,1H3,(H2,25,26,28,29,31)/t18-/m1/s1. The molecule has 0 aliphatic rings. The second kappa shape index (κ2) is 9.32. The highest BCUT2D eigenvalue weighted by atomic mass is 16.3. The van der Waals surface area contributed by atoms with Crippen LogP contribution in [-0.4, -0.2) is 38.7 Å². The molecule has 0 fully saturated rings. The van der Waals surface area contributed by atoms with Crippen LogP contribution in [0.2, 0.25) is 0 Å². The molecule has 2 aromatic carbocycles. The van der Waals surface area contributed by atoms with Gasteiger partial charge in [0.05, 0.1) is 23.5 Å². The summed E-state index contributed by atoms with van der Waals surface area (Å²) >= 11 is 0. The van der Waals surface area contributed by atoms with Crippen molar-refractivity contribution in [2.45, 2.75) is 19.4 Å². The number of rotatable bonds is 6. The molecule has 3 N–H and O–H groups in total. The van der Waals surface area contributed by atoms with E-state index in [0.29, 0.717) is 17.5 Å². The summed E-state index contributed by atoms with van der Waals surface area (Å²) in [6, 6.07) is 21.5. The van der Waals surface area contributed by atoms with Gasteiger partial charge in [0.2, 0.25) is 5.95 Å². The summed E-state index contributed by atoms with van der Waals surface area (Å²) in [7, 11) is 0. The first kappa shape index (κ1) is 20.4. The highest BCUT2D eigenvalue weighted by Crippen LogP contribution is 2.32. The van der Waals surface area contributed by atoms with E-state index in [0.717, 1.165) is 22.4 Å². The molecule has 7 nitrogen and oxygen atoms in total. The summed E-state index contributed by atoms with van der Waals surface area (Å²) in [5.74, 6) is 0.171. The molecule has 4 aromatic rings. The smallest absolute Gasteiger partial charge is 0.321 e. The van der Waals surface area contributed by atoms with Gasteiger partial charge < -0.3 is 10.4 Å². The third-order valence-corrected chi connectivity index (χ3v) is 4.89. The third-order valence-electron chi connectivity index (χ3n) is 4.89. The summed E-state index contributed by atoms with van der Waals surface area (Å²) in [6.07, 6.45) is 1.57. The zero-order valence-corrected chi connectivity index (χ0v) is 17.1. The number of aliphatic hydroxyl groups is 1. The fourth-order valence-corrected chi connectivity index (χ4v) is 3.18. The number of urea groups is 1. The van der Waals surface area contributed by atoms with Crippen LogP contribution in [0, 0.1) is 0 Å². The van der Waals surface area contributed by atoms with Gasteiger partial charge in [-0.25, -0.2) is 19.7 Å². The first-order valence-corrected chi connectivity index (χ1v) is 10.2. The summed E-state index contributed by atoms with van der Waals surface area (Å²) in [5.41, 5.74) is 5.06. The predicted molar refractivity (Wildman–Crippen MR) is 122 cm³/mol. The Morgan fingerprint density at radius 3 is 2.32 bits per heavy atom. The van der Waals surface area contributed by atoms with Gasteiger partial charge in [-0.1, -0.05) is 67.6 Å². The number of nitrogens with zero attached hydrogens (tertiary/aromatic N) is 3. The van der Waals surface area contributed by atoms with Crippen molar-refractivity contribution in [2.24, 2.45) is 0 Å². The van der Waals surface area contributed by atoms with Gasteiger partial charge in [0.15, 0.2) is 0 Å². The van der Waals surface area contributed by atoms with Gasteiger partial charge >= 0.3 is 6.03 Å². The zero-order chi connectivity index (χ0) is 21.6. The van der Waals surface area contributed by atoms with E-state index in [9.17, 15) is 9.90 Å². The van der Waals surface area contributed by atoms with Gasteiger partial charge in [-0.3, -0.25) is 5.32 Å². The van der Waals surface area contributed by atoms with Crippen molar-refractivity contribution < 1.29 is 9.90 Å². The first-order chi connectivity index (χ1) is 15.1. The van der Waals surface area contributed by atoms with Crippen LogP contribution in [0.25, 0.3) is 33.4 Å². The molecule has 0 aliphatic carbocycles. The highest BCUT2D eigenvalue weighted by Gasteiger charge is 2.14. The molecular formula is C24H23N5O2. The molecule has 4 rings (SSSR count). The van der Waals surface area contributed by atoms with E-state index in [4.69, 9.17) is 4.98 Å². The van der Waals surface area contributed by atoms with E-state index < -0.39 is 12.1 Å². The lowest BCUT2D eigenvalue weighted by Gasteiger charge is -2.12. The number of benzene rings is 2. The summed E-state index contributed by atoms with van der Waals surface area (Å²) in [6.45, 7) is 2.01. The number of aliphatic hydroxyl groups excluding tert-OH is 1. The molecule has 0 bridgehead atoms. The van der Waals surface area contributed by atoms with Crippen molar-refractivity contribution in [2.75, 3.05) is 11.9 Å². The number of pyridine rings is 1. The van der Waals surface area contributed by atoms with Gasteiger partial charge in [-0.15, -0.1) is 0 Å². The van der Waals surface area contributed by atoms with Crippen LogP contribution in [-0.2, 0) is 0 Å². The zero-order valence-electron chi connectivity index (χ0n) is 17.1. The molecule has 7 heteroatoms. The number of fused-ring (bicyclic) bond motifs is 1. The van der Waals surface area contributed by atoms with Crippen molar-refractivity contribution in [1.82, 2.24) is 20.3 Å². The summed E-state index contributed by atoms with van der Waals surface area (Å²) in [4.78, 5) is 25.6. The van der Waals surface area contributed by atoms with Gasteiger partial charge in [-0.05, 0) is 18.1 Å². The monoisotopic (exact) mass is 413 g/mol. The summed E-state index contributed by atoms with van der Waals surface area (Å²) < 4.78 is 0. The Balaban J connectivity index is 1.70. The maximum Gasteiger partial charge on any atom is 0.321 e. The molecule has 0 saturated carbocycles. The first-order valence-electron chi connectivity index (χ1n) is 10.2. The minimum atomic E-state index is -0.586. The average Bonchev–Trinajstić information content (AvgIpc) is 2.82. The molecule has 156 valence electrons. The Morgan fingerprint density at radius 1 is 0.968 bits per heavy atom. The number of aromatic nitrogens is 3. The fourth-order valence-electron chi connectivity index (χ4n) is 3.18. The van der Waals surface area contributed by atoms with Gasteiger partial charge in [0, 0.05) is 17.7 Å². The second-order valence-electron chi connectivity index (χ2n) is 7.11. The molecule has 0 aliphatic heterocycles. The van der Waals surface area contributed by atoms with E-state index in [1.165, 1.54) is 0 Å². The van der Waals surface area contributed by atoms with Crippen molar-refractivity contribution in [3.8, 4) is 22.4 Å². The molecule has 2 aromatic heterocycles. The Labute approximate surface area is 180 Å². The lowest BCUT2D eigenvalue weighted by molar-refractivity contribution is 0.168. The molecule has 0 spiro atoms. The Hall–Kier alpha value is -3.84. The normalized spacial score (nSPS) is 11.8. The molecule has 31 heavy (non-hydrogen) atoms. The maximum atomic E-state index is 12.1. The number of carbonyl (C=O) groups excluding carboxylic acids is 1. The predicted octanol–water partition coefficient (Wildman–Crippen LogP) is 4.25. The number of carbonyl (C=O) groups is 1. The Morgan fingerprint density at radius 2 is 1.65 bits per heavy atom. The Kier molecular flexibility index (Phi) is 6.14. The third kappa shape index (κ3) is 4.84. The minimum absolute atomic E-state index is 0.163. The van der Waals surface area contributed by atoms with E-state index in [2.05, 4.69) is 20.6 Å². The second-order valence-corrected chi connectivity index (χ2v) is 7.11.